The number of nitrogens with two attached hydrogens (primary N) is 6. The third-order valence-electron chi connectivity index (χ3n) is 13.0. The van der Waals surface area contributed by atoms with Gasteiger partial charge in [0, 0.05) is 38.8 Å². The zero-order valence-corrected chi connectivity index (χ0v) is 47.0. The van der Waals surface area contributed by atoms with Crippen LogP contribution in [0.4, 0.5) is 0 Å². The number of phenols is 1. The number of hydrogen-bond donors (Lipinski definition) is 13. The van der Waals surface area contributed by atoms with E-state index in [0.29, 0.717) is 20.3 Å². The van der Waals surface area contributed by atoms with Crippen LogP contribution >= 0.6 is 22.6 Å². The Labute approximate surface area is 477 Å². The standard InChI is InChI=1S/C54H75IN14O11/c1-30(2)25-40(67-47(74)35(56)27-33-17-20-43(70)34(55)26-33)50(77)68-41(29-32-13-7-4-8-14-32)51(78)65-38(19-22-45(58)72)53(80)69-24-10-16-42(69)52(79)64-37(18-21-44(57)71)49(76)63-36(15-9-23-62-54(60)61)48(75)66-39(46(59)73)28-31-11-5-3-6-12-31/h3-8,11-14,17,20,26,30,35-42,70H,9-10,15-16,18-19,21-25,27-29,56H2,1-2H3,(H2,57,71)(H2,58,72)(H2,59,73)(H,63,76)(H,64,79)(H,65,78)(H,66,75)(H,67,74)(H,68,77)(H4,60,61,62)/t35-,36-,37-,38-,39-,40-,41-,42-/m0/s1/i55-2. The zero-order valence-electron chi connectivity index (χ0n) is 44.9. The van der Waals surface area contributed by atoms with E-state index >= 15 is 0 Å². The van der Waals surface area contributed by atoms with Gasteiger partial charge in [-0.1, -0.05) is 80.6 Å². The molecule has 10 amide bonds. The molecule has 0 radical (unpaired) electrons. The van der Waals surface area contributed by atoms with E-state index in [1.54, 1.807) is 72.8 Å². The first-order valence-corrected chi connectivity index (χ1v) is 27.3. The average Bonchev–Trinajstić information content (AvgIpc) is 3.92. The number of nitrogens with one attached hydrogen (secondary N) is 6. The van der Waals surface area contributed by atoms with Crippen LogP contribution in [-0.4, -0.2) is 136 Å². The summed E-state index contributed by atoms with van der Waals surface area (Å²) in [5.74, 6) is -8.31. The molecule has 0 bridgehead atoms. The molecule has 1 saturated heterocycles. The van der Waals surface area contributed by atoms with Crippen LogP contribution in [0.1, 0.15) is 88.3 Å². The second kappa shape index (κ2) is 32.3. The van der Waals surface area contributed by atoms with Crippen molar-refractivity contribution in [3.05, 3.63) is 99.1 Å². The number of likely N-dealkylation sites (tertiary alicyclic amines) is 1. The zero-order chi connectivity index (χ0) is 59.1. The van der Waals surface area contributed by atoms with Crippen molar-refractivity contribution in [2.45, 2.75) is 139 Å². The second-order valence-electron chi connectivity index (χ2n) is 20.0. The first-order valence-electron chi connectivity index (χ1n) is 26.3. The van der Waals surface area contributed by atoms with Crippen molar-refractivity contribution in [2.24, 2.45) is 45.3 Å². The van der Waals surface area contributed by atoms with Crippen LogP contribution in [0.25, 0.3) is 0 Å². The highest BCUT2D eigenvalue weighted by Gasteiger charge is 2.40. The van der Waals surface area contributed by atoms with Gasteiger partial charge in [-0.05, 0) is 109 Å². The summed E-state index contributed by atoms with van der Waals surface area (Å²) < 4.78 is 0.559. The smallest absolute Gasteiger partial charge is 0.245 e. The number of guanidine groups is 1. The molecule has 25 nitrogen and oxygen atoms in total. The molecule has 19 N–H and O–H groups in total. The summed E-state index contributed by atoms with van der Waals surface area (Å²) in [6, 6.07) is 11.8. The van der Waals surface area contributed by atoms with Crippen molar-refractivity contribution in [2.75, 3.05) is 13.1 Å². The van der Waals surface area contributed by atoms with Gasteiger partial charge >= 0.3 is 0 Å². The fourth-order valence-electron chi connectivity index (χ4n) is 8.87. The quantitative estimate of drug-likeness (QED) is 0.0145. The Morgan fingerprint density at radius 3 is 1.66 bits per heavy atom. The van der Waals surface area contributed by atoms with Gasteiger partial charge in [0.1, 0.15) is 48.0 Å². The maximum atomic E-state index is 14.6. The first-order chi connectivity index (χ1) is 37.9. The normalized spacial score (nSPS) is 15.6. The predicted molar refractivity (Wildman–Crippen MR) is 305 cm³/mol. The van der Waals surface area contributed by atoms with Crippen LogP contribution in [0.2, 0.25) is 0 Å². The fraction of sp³-hybridized carbons (Fsp3) is 0.463. The number of carbonyl (C=O) groups excluding carboxylic acids is 10. The van der Waals surface area contributed by atoms with E-state index < -0.39 is 114 Å². The summed E-state index contributed by atoms with van der Waals surface area (Å²) in [6.07, 6.45) is -0.792. The molecular formula is C54H75IN14O11. The third-order valence-corrected chi connectivity index (χ3v) is 13.9. The molecule has 8 atom stereocenters. The lowest BCUT2D eigenvalue weighted by molar-refractivity contribution is -0.143. The van der Waals surface area contributed by atoms with Crippen LogP contribution in [0, 0.1) is 9.49 Å². The molecule has 0 aromatic heterocycles. The number of primary amides is 3. The van der Waals surface area contributed by atoms with Crippen LogP contribution < -0.4 is 66.3 Å². The Hall–Kier alpha value is -7.88. The molecule has 434 valence electrons. The molecule has 0 aliphatic carbocycles. The van der Waals surface area contributed by atoms with Crippen molar-refractivity contribution >= 4 is 87.6 Å². The Balaban J connectivity index is 1.57. The van der Waals surface area contributed by atoms with Gasteiger partial charge in [-0.15, -0.1) is 0 Å². The Kier molecular flexibility index (Phi) is 26.1. The SMILES string of the molecule is CC(C)C[C@H](NC(=O)[C@@H](N)Cc1ccc(O)c([125I])c1)C(=O)N[C@@H](Cc1ccccc1)C(=O)N[C@@H](CCC(N)=O)C(=O)N1CCC[C@H]1C(=O)N[C@@H](CCC(N)=O)C(=O)N[C@@H](CCCN=C(N)N)C(=O)N[C@@H](Cc1ccccc1)C(N)=O. The Morgan fingerprint density at radius 1 is 0.613 bits per heavy atom. The largest absolute Gasteiger partial charge is 0.507 e. The minimum atomic E-state index is -1.51. The number of aliphatic imine (C=N–C) groups is 1. The minimum absolute atomic E-state index is 0.00502. The molecule has 1 aliphatic rings. The fourth-order valence-corrected chi connectivity index (χ4v) is 9.45. The van der Waals surface area contributed by atoms with Crippen molar-refractivity contribution < 1.29 is 53.1 Å². The maximum Gasteiger partial charge on any atom is 0.245 e. The molecule has 0 saturated carbocycles. The summed E-state index contributed by atoms with van der Waals surface area (Å²) in [5, 5.41) is 25.9. The number of amides is 10. The summed E-state index contributed by atoms with van der Waals surface area (Å²) >= 11 is 1.95. The van der Waals surface area contributed by atoms with E-state index in [9.17, 15) is 53.1 Å². The summed E-state index contributed by atoms with van der Waals surface area (Å²) in [6.45, 7) is 3.73. The molecule has 0 unspecified atom stereocenters. The minimum Gasteiger partial charge on any atom is -0.507 e. The van der Waals surface area contributed by atoms with Crippen molar-refractivity contribution in [1.29, 1.82) is 0 Å². The number of nitrogens with zero attached hydrogens (tertiary/aromatic N) is 2. The molecule has 0 spiro atoms. The second-order valence-corrected chi connectivity index (χ2v) is 21.2. The summed E-state index contributed by atoms with van der Waals surface area (Å²) in [5.41, 5.74) is 35.9. The number of halogens is 1. The van der Waals surface area contributed by atoms with E-state index in [0.717, 1.165) is 0 Å². The van der Waals surface area contributed by atoms with Gasteiger partial charge in [0.25, 0.3) is 0 Å². The number of rotatable bonds is 32. The van der Waals surface area contributed by atoms with Crippen LogP contribution in [-0.2, 0) is 67.2 Å². The van der Waals surface area contributed by atoms with Gasteiger partial charge in [0.15, 0.2) is 5.96 Å². The van der Waals surface area contributed by atoms with Gasteiger partial charge in [-0.25, -0.2) is 0 Å². The van der Waals surface area contributed by atoms with E-state index in [4.69, 9.17) is 34.4 Å². The monoisotopic (exact) mass is 1220 g/mol. The van der Waals surface area contributed by atoms with Crippen LogP contribution in [0.15, 0.2) is 83.9 Å². The molecule has 1 heterocycles. The lowest BCUT2D eigenvalue weighted by Crippen LogP contribution is -2.60. The number of aromatic hydroxyl groups is 1. The molecule has 3 aromatic rings. The van der Waals surface area contributed by atoms with Crippen molar-refractivity contribution in [1.82, 2.24) is 36.8 Å². The van der Waals surface area contributed by atoms with E-state index in [-0.39, 0.29) is 101 Å². The molecule has 80 heavy (non-hydrogen) atoms. The Bertz CT molecular complexity index is 2680. The topological polar surface area (TPSA) is 435 Å². The van der Waals surface area contributed by atoms with E-state index in [2.05, 4.69) is 36.9 Å². The van der Waals surface area contributed by atoms with E-state index in [1.165, 1.54) is 11.0 Å². The number of phenolic OH excluding ortho intramolecular Hbond substituents is 1. The van der Waals surface area contributed by atoms with Crippen LogP contribution in [0.3, 0.4) is 0 Å². The molecule has 1 fully saturated rings. The lowest BCUT2D eigenvalue weighted by atomic mass is 9.99. The molecular weight excluding hydrogens is 1150 g/mol. The van der Waals surface area contributed by atoms with Crippen molar-refractivity contribution in [3.8, 4) is 5.75 Å². The highest BCUT2D eigenvalue weighted by Crippen LogP contribution is 2.23. The van der Waals surface area contributed by atoms with Gasteiger partial charge in [-0.3, -0.25) is 52.9 Å². The molecule has 1 aliphatic heterocycles. The number of hydrogen-bond acceptors (Lipinski definition) is 13. The first kappa shape index (κ1) is 64.6. The summed E-state index contributed by atoms with van der Waals surface area (Å²) in [7, 11) is 0. The average molecular weight is 1220 g/mol. The van der Waals surface area contributed by atoms with Gasteiger partial charge in [0.05, 0.1) is 9.61 Å². The Morgan fingerprint density at radius 2 is 1.11 bits per heavy atom. The number of benzene rings is 3. The molecule has 4 rings (SSSR count). The molecule has 3 aromatic carbocycles. The third kappa shape index (κ3) is 21.7. The van der Waals surface area contributed by atoms with Gasteiger partial charge in [0.2, 0.25) is 59.1 Å². The summed E-state index contributed by atoms with van der Waals surface area (Å²) in [4.78, 5) is 141. The highest BCUT2D eigenvalue weighted by molar-refractivity contribution is 14.1. The molecule has 26 heteroatoms. The van der Waals surface area contributed by atoms with Gasteiger partial charge < -0.3 is 76.3 Å². The predicted octanol–water partition coefficient (Wildman–Crippen LogP) is -1.63. The van der Waals surface area contributed by atoms with Crippen LogP contribution in [0.5, 0.6) is 5.75 Å². The highest BCUT2D eigenvalue weighted by atomic mass is 125. The van der Waals surface area contributed by atoms with Gasteiger partial charge in [-0.2, -0.15) is 0 Å². The number of carbonyl (C=O) groups is 10. The van der Waals surface area contributed by atoms with Crippen molar-refractivity contribution in [3.63, 3.8) is 0 Å². The maximum absolute atomic E-state index is 14.6. The van der Waals surface area contributed by atoms with E-state index in [1.807, 2.05) is 36.4 Å². The lowest BCUT2D eigenvalue weighted by Gasteiger charge is -2.31.